The van der Waals surface area contributed by atoms with Crippen molar-refractivity contribution in [2.45, 2.75) is 32.2 Å². The van der Waals surface area contributed by atoms with Crippen molar-refractivity contribution >= 4 is 0 Å². The average Bonchev–Trinajstić information content (AvgIpc) is 3.23. The van der Waals surface area contributed by atoms with Crippen LogP contribution in [0.2, 0.25) is 0 Å². The van der Waals surface area contributed by atoms with Crippen LogP contribution in [0.4, 0.5) is 0 Å². The fourth-order valence-corrected chi connectivity index (χ4v) is 2.59. The summed E-state index contributed by atoms with van der Waals surface area (Å²) in [6.07, 6.45) is 3.59. The van der Waals surface area contributed by atoms with Crippen molar-refractivity contribution in [1.29, 1.82) is 5.26 Å². The number of ether oxygens (including phenoxy) is 2. The zero-order valence-corrected chi connectivity index (χ0v) is 13.1. The summed E-state index contributed by atoms with van der Waals surface area (Å²) in [5.74, 6) is 0.764. The minimum Gasteiger partial charge on any atom is -0.483 e. The molecule has 1 aromatic carbocycles. The van der Waals surface area contributed by atoms with Gasteiger partial charge < -0.3 is 14.8 Å². The zero-order chi connectivity index (χ0) is 16.1. The summed E-state index contributed by atoms with van der Waals surface area (Å²) in [5, 5.41) is 16.6. The van der Waals surface area contributed by atoms with Crippen molar-refractivity contribution in [3.8, 4) is 11.8 Å². The van der Waals surface area contributed by atoms with Crippen LogP contribution in [-0.2, 0) is 17.8 Å². The van der Waals surface area contributed by atoms with E-state index >= 15 is 0 Å². The molecule has 0 aliphatic carbocycles. The molecule has 2 heterocycles. The number of nitrogens with zero attached hydrogens (tertiary/aromatic N) is 3. The summed E-state index contributed by atoms with van der Waals surface area (Å²) in [6, 6.07) is 9.87. The molecule has 23 heavy (non-hydrogen) atoms. The fourth-order valence-electron chi connectivity index (χ4n) is 2.59. The van der Waals surface area contributed by atoms with Gasteiger partial charge in [0.1, 0.15) is 6.10 Å². The summed E-state index contributed by atoms with van der Waals surface area (Å²) < 4.78 is 13.4. The van der Waals surface area contributed by atoms with E-state index in [-0.39, 0.29) is 12.1 Å². The molecule has 6 heteroatoms. The highest BCUT2D eigenvalue weighted by Crippen LogP contribution is 2.17. The number of rotatable bonds is 6. The number of aromatic nitrogens is 2. The Morgan fingerprint density at radius 2 is 2.39 bits per heavy atom. The van der Waals surface area contributed by atoms with Gasteiger partial charge in [0, 0.05) is 13.1 Å². The summed E-state index contributed by atoms with van der Waals surface area (Å²) in [6.45, 7) is 4.71. The molecule has 0 amide bonds. The van der Waals surface area contributed by atoms with E-state index in [1.54, 1.807) is 12.3 Å². The Kier molecular flexibility index (Phi) is 4.91. The van der Waals surface area contributed by atoms with Crippen LogP contribution < -0.4 is 10.1 Å². The predicted molar refractivity (Wildman–Crippen MR) is 84.9 cm³/mol. The Hall–Kier alpha value is -2.36. The second-order valence-corrected chi connectivity index (χ2v) is 5.53. The van der Waals surface area contributed by atoms with Crippen molar-refractivity contribution in [3.63, 3.8) is 0 Å². The second-order valence-electron chi connectivity index (χ2n) is 5.53. The van der Waals surface area contributed by atoms with Gasteiger partial charge in [0.15, 0.2) is 5.75 Å². The van der Waals surface area contributed by atoms with Gasteiger partial charge in [0.25, 0.3) is 0 Å². The molecule has 3 rings (SSSR count). The van der Waals surface area contributed by atoms with E-state index in [2.05, 4.69) is 16.5 Å². The maximum atomic E-state index is 8.95. The molecule has 1 saturated heterocycles. The first-order chi connectivity index (χ1) is 11.3. The van der Waals surface area contributed by atoms with Crippen molar-refractivity contribution < 1.29 is 9.47 Å². The molecular formula is C17H20N4O2. The Morgan fingerprint density at radius 3 is 3.17 bits per heavy atom. The maximum Gasteiger partial charge on any atom is 0.157 e. The number of nitrogens with one attached hydrogen (secondary N) is 1. The minimum absolute atomic E-state index is 0.0383. The Morgan fingerprint density at radius 1 is 1.48 bits per heavy atom. The average molecular weight is 312 g/mol. The van der Waals surface area contributed by atoms with Gasteiger partial charge in [-0.1, -0.05) is 12.1 Å². The normalized spacial score (nSPS) is 20.3. The van der Waals surface area contributed by atoms with Gasteiger partial charge in [-0.25, -0.2) is 0 Å². The highest BCUT2D eigenvalue weighted by Gasteiger charge is 2.30. The summed E-state index contributed by atoms with van der Waals surface area (Å²) in [7, 11) is 0. The molecule has 0 unspecified atom stereocenters. The van der Waals surface area contributed by atoms with Crippen LogP contribution in [0.15, 0.2) is 36.7 Å². The van der Waals surface area contributed by atoms with Crippen LogP contribution in [0.3, 0.4) is 0 Å². The van der Waals surface area contributed by atoms with Gasteiger partial charge in [-0.2, -0.15) is 10.4 Å². The summed E-state index contributed by atoms with van der Waals surface area (Å²) in [5.41, 5.74) is 1.75. The third-order valence-electron chi connectivity index (χ3n) is 3.87. The number of hydrogen-bond acceptors (Lipinski definition) is 5. The Bertz CT molecular complexity index is 692. The first-order valence-corrected chi connectivity index (χ1v) is 7.77. The largest absolute Gasteiger partial charge is 0.483 e. The SMILES string of the molecule is CCn1cc(O[C@@H]2COC[C@@H]2NCc2cccc(C#N)c2)cn1. The van der Waals surface area contributed by atoms with Crippen molar-refractivity contribution in [3.05, 3.63) is 47.8 Å². The quantitative estimate of drug-likeness (QED) is 0.879. The molecule has 1 fully saturated rings. The van der Waals surface area contributed by atoms with Crippen molar-refractivity contribution in [2.24, 2.45) is 0 Å². The van der Waals surface area contributed by atoms with E-state index in [0.29, 0.717) is 25.3 Å². The molecule has 1 aromatic heterocycles. The maximum absolute atomic E-state index is 8.95. The molecule has 1 aliphatic heterocycles. The van der Waals surface area contributed by atoms with Crippen LogP contribution in [0.1, 0.15) is 18.1 Å². The van der Waals surface area contributed by atoms with Gasteiger partial charge in [-0.15, -0.1) is 0 Å². The molecule has 2 atom stereocenters. The van der Waals surface area contributed by atoms with E-state index < -0.39 is 0 Å². The first-order valence-electron chi connectivity index (χ1n) is 7.77. The monoisotopic (exact) mass is 312 g/mol. The van der Waals surface area contributed by atoms with E-state index in [1.807, 2.05) is 36.0 Å². The van der Waals surface area contributed by atoms with Crippen LogP contribution >= 0.6 is 0 Å². The van der Waals surface area contributed by atoms with Gasteiger partial charge in [-0.05, 0) is 24.6 Å². The fraction of sp³-hybridized carbons (Fsp3) is 0.412. The molecule has 2 aromatic rings. The van der Waals surface area contributed by atoms with E-state index in [1.165, 1.54) is 0 Å². The lowest BCUT2D eigenvalue weighted by atomic mass is 10.1. The molecule has 120 valence electrons. The smallest absolute Gasteiger partial charge is 0.157 e. The van der Waals surface area contributed by atoms with Gasteiger partial charge in [0.05, 0.1) is 43.3 Å². The number of nitriles is 1. The lowest BCUT2D eigenvalue weighted by Gasteiger charge is -2.19. The molecule has 0 saturated carbocycles. The second kappa shape index (κ2) is 7.27. The summed E-state index contributed by atoms with van der Waals surface area (Å²) in [4.78, 5) is 0. The van der Waals surface area contributed by atoms with Crippen molar-refractivity contribution in [1.82, 2.24) is 15.1 Å². The Balaban J connectivity index is 1.57. The number of benzene rings is 1. The van der Waals surface area contributed by atoms with Crippen molar-refractivity contribution in [2.75, 3.05) is 13.2 Å². The third kappa shape index (κ3) is 3.89. The number of hydrogen-bond donors (Lipinski definition) is 1. The van der Waals surface area contributed by atoms with Gasteiger partial charge in [0.2, 0.25) is 0 Å². The standard InChI is InChI=1S/C17H20N4O2/c1-2-21-10-15(9-20-21)23-17-12-22-11-16(17)19-8-14-5-3-4-13(6-14)7-18/h3-6,9-10,16-17,19H,2,8,11-12H2,1H3/t16-,17+/m0/s1. The molecule has 1 aliphatic rings. The lowest BCUT2D eigenvalue weighted by molar-refractivity contribution is 0.139. The molecule has 6 nitrogen and oxygen atoms in total. The van der Waals surface area contributed by atoms with Crippen LogP contribution in [0, 0.1) is 11.3 Å². The topological polar surface area (TPSA) is 72.1 Å². The Labute approximate surface area is 135 Å². The number of aryl methyl sites for hydroxylation is 1. The van der Waals surface area contributed by atoms with Gasteiger partial charge in [-0.3, -0.25) is 4.68 Å². The molecule has 0 bridgehead atoms. The lowest BCUT2D eigenvalue weighted by Crippen LogP contribution is -2.41. The summed E-state index contributed by atoms with van der Waals surface area (Å²) >= 11 is 0. The molecule has 0 spiro atoms. The van der Waals surface area contributed by atoms with Crippen LogP contribution in [-0.4, -0.2) is 35.1 Å². The van der Waals surface area contributed by atoms with Crippen LogP contribution in [0.5, 0.6) is 5.75 Å². The molecule has 0 radical (unpaired) electrons. The third-order valence-corrected chi connectivity index (χ3v) is 3.87. The highest BCUT2D eigenvalue weighted by atomic mass is 16.5. The first kappa shape index (κ1) is 15.5. The highest BCUT2D eigenvalue weighted by molar-refractivity contribution is 5.32. The molecule has 1 N–H and O–H groups in total. The predicted octanol–water partition coefficient (Wildman–Crippen LogP) is 1.71. The molecular weight excluding hydrogens is 292 g/mol. The zero-order valence-electron chi connectivity index (χ0n) is 13.1. The van der Waals surface area contributed by atoms with E-state index in [4.69, 9.17) is 14.7 Å². The van der Waals surface area contributed by atoms with E-state index in [0.717, 1.165) is 17.9 Å². The van der Waals surface area contributed by atoms with Crippen LogP contribution in [0.25, 0.3) is 0 Å². The minimum atomic E-state index is -0.0383. The van der Waals surface area contributed by atoms with Gasteiger partial charge >= 0.3 is 0 Å². The van der Waals surface area contributed by atoms with E-state index in [9.17, 15) is 0 Å².